The fourth-order valence-corrected chi connectivity index (χ4v) is 3.06. The largest absolute Gasteiger partial charge is 1.00 e. The Morgan fingerprint density at radius 1 is 1.00 bits per heavy atom. The topological polar surface area (TPSA) is 86.7 Å². The van der Waals surface area contributed by atoms with Gasteiger partial charge in [-0.15, -0.1) is 5.75 Å². The molecule has 2 aromatic rings. The van der Waals surface area contributed by atoms with E-state index >= 15 is 0 Å². The maximum atomic E-state index is 11.6. The smallest absolute Gasteiger partial charge is 0.872 e. The summed E-state index contributed by atoms with van der Waals surface area (Å²) < 4.78 is 36.9. The van der Waals surface area contributed by atoms with Crippen LogP contribution in [0.25, 0.3) is 0 Å². The quantitative estimate of drug-likeness (QED) is 0.388. The van der Waals surface area contributed by atoms with Crippen LogP contribution in [0.5, 0.6) is 17.2 Å². The van der Waals surface area contributed by atoms with Gasteiger partial charge in [0.1, 0.15) is 11.5 Å². The Hall–Kier alpha value is -0.414. The summed E-state index contributed by atoms with van der Waals surface area (Å²) in [6.45, 7) is 2.17. The first-order chi connectivity index (χ1) is 11.9. The average molecular weight is 403 g/mol. The van der Waals surface area contributed by atoms with Crippen molar-refractivity contribution in [3.63, 3.8) is 0 Å². The van der Waals surface area contributed by atoms with Crippen LogP contribution in [0.4, 0.5) is 0 Å². The molecule has 0 aliphatic carbocycles. The second kappa shape index (κ2) is 11.4. The van der Waals surface area contributed by atoms with Crippen molar-refractivity contribution in [3.8, 4) is 17.2 Å². The van der Waals surface area contributed by atoms with Gasteiger partial charge in [-0.2, -0.15) is 8.42 Å². The molecule has 0 unspecified atom stereocenters. The third-order valence-corrected chi connectivity index (χ3v) is 4.80. The van der Waals surface area contributed by atoms with Crippen LogP contribution in [-0.2, 0) is 16.5 Å². The van der Waals surface area contributed by atoms with Gasteiger partial charge in [0.05, 0.1) is 4.90 Å². The number of ether oxygens (including phenoxy) is 1. The Kier molecular flexibility index (Phi) is 10.4. The molecule has 0 atom stereocenters. The zero-order chi connectivity index (χ0) is 18.3. The predicted octanol–water partition coefficient (Wildman–Crippen LogP) is 1.32. The van der Waals surface area contributed by atoms with Crippen molar-refractivity contribution in [3.05, 3.63) is 48.0 Å². The van der Waals surface area contributed by atoms with E-state index in [1.807, 2.05) is 0 Å². The zero-order valence-corrected chi connectivity index (χ0v) is 19.2. The van der Waals surface area contributed by atoms with Crippen molar-refractivity contribution in [2.24, 2.45) is 0 Å². The van der Waals surface area contributed by atoms with Crippen molar-refractivity contribution in [1.29, 1.82) is 0 Å². The molecule has 0 spiro atoms. The molecule has 0 heterocycles. The van der Waals surface area contributed by atoms with E-state index in [0.717, 1.165) is 24.8 Å². The molecule has 0 radical (unpaired) electrons. The summed E-state index contributed by atoms with van der Waals surface area (Å²) in [5, 5.41) is 11.6. The summed E-state index contributed by atoms with van der Waals surface area (Å²) in [6, 6.07) is 10.2. The van der Waals surface area contributed by atoms with E-state index in [4.69, 9.17) is 9.29 Å². The first-order valence-corrected chi connectivity index (χ1v) is 9.89. The van der Waals surface area contributed by atoms with E-state index in [-0.39, 0.29) is 62.0 Å². The number of benzene rings is 2. The van der Waals surface area contributed by atoms with Crippen molar-refractivity contribution in [2.45, 2.75) is 50.3 Å². The third kappa shape index (κ3) is 7.68. The Balaban J connectivity index is 0.00000338. The van der Waals surface area contributed by atoms with Gasteiger partial charge in [-0.25, -0.2) is 0 Å². The molecule has 0 bridgehead atoms. The van der Waals surface area contributed by atoms with E-state index in [2.05, 4.69) is 6.92 Å². The Labute approximate surface area is 198 Å². The van der Waals surface area contributed by atoms with Crippen LogP contribution in [0, 0.1) is 0 Å². The predicted molar refractivity (Wildman–Crippen MR) is 94.7 cm³/mol. The minimum absolute atomic E-state index is 0. The average Bonchev–Trinajstić information content (AvgIpc) is 2.56. The molecule has 0 amide bonds. The fraction of sp³-hybridized carbons (Fsp3) is 0.368. The molecule has 5 nitrogen and oxygen atoms in total. The standard InChI is InChI=1S/C19H24O5S.K/c1-2-3-4-5-6-7-15-14-16(20)8-13-19(15)24-17-9-11-18(12-10-17)25(21,22)23;/h8-14,20H,2-7H2,1H3,(H,21,22,23);/q;+1/p-1. The molecule has 2 aromatic carbocycles. The van der Waals surface area contributed by atoms with Gasteiger partial charge in [-0.1, -0.05) is 44.7 Å². The van der Waals surface area contributed by atoms with Crippen LogP contribution in [0.2, 0.25) is 0 Å². The summed E-state index contributed by atoms with van der Waals surface area (Å²) in [6.07, 6.45) is 6.44. The molecule has 0 aromatic heterocycles. The Morgan fingerprint density at radius 3 is 2.27 bits per heavy atom. The molecule has 0 saturated heterocycles. The number of aryl methyl sites for hydroxylation is 1. The van der Waals surface area contributed by atoms with E-state index in [1.165, 1.54) is 49.6 Å². The molecule has 0 aliphatic rings. The number of hydrogen-bond acceptors (Lipinski definition) is 4. The minimum Gasteiger partial charge on any atom is -0.872 e. The zero-order valence-electron chi connectivity index (χ0n) is 15.3. The molecular weight excluding hydrogens is 379 g/mol. The van der Waals surface area contributed by atoms with Crippen molar-refractivity contribution in [1.82, 2.24) is 0 Å². The van der Waals surface area contributed by atoms with Gasteiger partial charge in [0.2, 0.25) is 0 Å². The van der Waals surface area contributed by atoms with Crippen LogP contribution in [0.1, 0.15) is 44.6 Å². The monoisotopic (exact) mass is 402 g/mol. The maximum Gasteiger partial charge on any atom is 1.00 e. The van der Waals surface area contributed by atoms with E-state index in [0.29, 0.717) is 11.5 Å². The first kappa shape index (κ1) is 23.6. The summed E-state index contributed by atoms with van der Waals surface area (Å²) in [7, 11) is -4.22. The molecule has 26 heavy (non-hydrogen) atoms. The minimum atomic E-state index is -4.22. The molecule has 7 heteroatoms. The van der Waals surface area contributed by atoms with Gasteiger partial charge in [0.25, 0.3) is 10.1 Å². The summed E-state index contributed by atoms with van der Waals surface area (Å²) in [5.41, 5.74) is 0.850. The van der Waals surface area contributed by atoms with Gasteiger partial charge in [-0.3, -0.25) is 4.55 Å². The van der Waals surface area contributed by atoms with Crippen LogP contribution in [0.3, 0.4) is 0 Å². The maximum absolute atomic E-state index is 11.6. The van der Waals surface area contributed by atoms with E-state index < -0.39 is 10.1 Å². The van der Waals surface area contributed by atoms with Crippen LogP contribution >= 0.6 is 0 Å². The molecular formula is C19H23KO5S. The van der Waals surface area contributed by atoms with Crippen LogP contribution < -0.4 is 61.2 Å². The molecule has 0 aliphatic heterocycles. The molecule has 2 rings (SSSR count). The van der Waals surface area contributed by atoms with Crippen LogP contribution in [0.15, 0.2) is 47.4 Å². The number of unbranched alkanes of at least 4 members (excludes halogenated alkanes) is 4. The molecule has 136 valence electrons. The number of hydrogen-bond donors (Lipinski definition) is 1. The van der Waals surface area contributed by atoms with Gasteiger partial charge < -0.3 is 9.84 Å². The molecule has 0 saturated carbocycles. The number of rotatable bonds is 9. The summed E-state index contributed by atoms with van der Waals surface area (Å²) in [4.78, 5) is -0.189. The van der Waals surface area contributed by atoms with Gasteiger partial charge in [0, 0.05) is 0 Å². The normalized spacial score (nSPS) is 11.0. The van der Waals surface area contributed by atoms with Crippen molar-refractivity contribution in [2.75, 3.05) is 0 Å². The van der Waals surface area contributed by atoms with Gasteiger partial charge in [-0.05, 0) is 48.7 Å². The second-order valence-corrected chi connectivity index (χ2v) is 7.40. The van der Waals surface area contributed by atoms with Gasteiger partial charge in [0.15, 0.2) is 0 Å². The SMILES string of the molecule is CCCCCCCc1cc([O-])ccc1Oc1ccc(S(=O)(=O)O)cc1.[K+]. The summed E-state index contributed by atoms with van der Waals surface area (Å²) in [5.74, 6) is 0.977. The summed E-state index contributed by atoms with van der Waals surface area (Å²) >= 11 is 0. The van der Waals surface area contributed by atoms with Crippen LogP contribution in [-0.4, -0.2) is 13.0 Å². The Bertz CT molecular complexity index is 788. The fourth-order valence-electron chi connectivity index (χ4n) is 2.58. The van der Waals surface area contributed by atoms with E-state index in [9.17, 15) is 13.5 Å². The van der Waals surface area contributed by atoms with Crippen molar-refractivity contribution < 1.29 is 74.2 Å². The van der Waals surface area contributed by atoms with Crippen molar-refractivity contribution >= 4 is 10.1 Å². The molecule has 0 fully saturated rings. The first-order valence-electron chi connectivity index (χ1n) is 8.45. The van der Waals surface area contributed by atoms with Gasteiger partial charge >= 0.3 is 51.4 Å². The van der Waals surface area contributed by atoms with E-state index in [1.54, 1.807) is 12.1 Å². The molecule has 1 N–H and O–H groups in total. The third-order valence-electron chi connectivity index (χ3n) is 3.93. The second-order valence-electron chi connectivity index (χ2n) is 5.98. The Morgan fingerprint density at radius 2 is 1.65 bits per heavy atom.